The molecule has 1 aliphatic carbocycles. The fraction of sp³-hybridized carbons (Fsp3) is 0.455. The molecule has 1 aromatic heterocycles. The highest BCUT2D eigenvalue weighted by molar-refractivity contribution is 5.96. The topological polar surface area (TPSA) is 73.4 Å². The third-order valence-corrected chi connectivity index (χ3v) is 2.65. The Kier molecular flexibility index (Phi) is 3.05. The molecule has 86 valence electrons. The zero-order chi connectivity index (χ0) is 11.5. The van der Waals surface area contributed by atoms with E-state index >= 15 is 0 Å². The molecule has 0 amide bonds. The van der Waals surface area contributed by atoms with E-state index in [2.05, 4.69) is 4.98 Å². The van der Waals surface area contributed by atoms with Crippen molar-refractivity contribution in [2.24, 2.45) is 0 Å². The van der Waals surface area contributed by atoms with Gasteiger partial charge < -0.3 is 10.1 Å². The Morgan fingerprint density at radius 3 is 2.69 bits per heavy atom. The minimum Gasteiger partial charge on any atom is -0.480 e. The van der Waals surface area contributed by atoms with Gasteiger partial charge in [-0.2, -0.15) is 0 Å². The first-order valence-corrected chi connectivity index (χ1v) is 5.29. The van der Waals surface area contributed by atoms with Crippen LogP contribution < -0.4 is 0 Å². The van der Waals surface area contributed by atoms with Crippen LogP contribution in [0.25, 0.3) is 0 Å². The van der Waals surface area contributed by atoms with Crippen LogP contribution in [-0.4, -0.2) is 45.9 Å². The third kappa shape index (κ3) is 2.70. The minimum absolute atomic E-state index is 0.0573. The predicted octanol–water partition coefficient (Wildman–Crippen LogP) is 0.746. The maximum absolute atomic E-state index is 11.8. The molecule has 1 aliphatic rings. The third-order valence-electron chi connectivity index (χ3n) is 2.65. The fourth-order valence-electron chi connectivity index (χ4n) is 1.70. The number of Topliss-reactive ketones (excluding diaryl/α,β-unsaturated/α-hetero) is 1. The number of H-pyrrole nitrogens is 1. The number of carboxylic acid groups (broad SMARTS) is 1. The quantitative estimate of drug-likeness (QED) is 0.696. The molecule has 0 aromatic carbocycles. The number of hydrogen-bond donors (Lipinski definition) is 2. The van der Waals surface area contributed by atoms with Crippen molar-refractivity contribution in [3.05, 3.63) is 24.0 Å². The van der Waals surface area contributed by atoms with E-state index in [4.69, 9.17) is 5.11 Å². The number of ketones is 1. The Hall–Kier alpha value is -1.62. The Balaban J connectivity index is 1.95. The SMILES string of the molecule is O=C(O)CN(CC(=O)c1ccc[nH]1)C1CC1. The predicted molar refractivity (Wildman–Crippen MR) is 57.4 cm³/mol. The van der Waals surface area contributed by atoms with Gasteiger partial charge in [-0.15, -0.1) is 0 Å². The van der Waals surface area contributed by atoms with Crippen LogP contribution in [-0.2, 0) is 4.79 Å². The summed E-state index contributed by atoms with van der Waals surface area (Å²) in [6, 6.07) is 3.73. The molecule has 2 rings (SSSR count). The zero-order valence-corrected chi connectivity index (χ0v) is 8.85. The van der Waals surface area contributed by atoms with Crippen molar-refractivity contribution in [2.75, 3.05) is 13.1 Å². The molecule has 16 heavy (non-hydrogen) atoms. The minimum atomic E-state index is -0.883. The number of aromatic amines is 1. The average molecular weight is 222 g/mol. The Bertz CT molecular complexity index is 382. The highest BCUT2D eigenvalue weighted by Gasteiger charge is 2.31. The molecule has 0 saturated heterocycles. The van der Waals surface area contributed by atoms with Gasteiger partial charge in [-0.3, -0.25) is 14.5 Å². The van der Waals surface area contributed by atoms with Gasteiger partial charge in [0.05, 0.1) is 18.8 Å². The Morgan fingerprint density at radius 2 is 2.19 bits per heavy atom. The second-order valence-electron chi connectivity index (χ2n) is 4.04. The van der Waals surface area contributed by atoms with Crippen molar-refractivity contribution in [3.8, 4) is 0 Å². The van der Waals surface area contributed by atoms with Gasteiger partial charge in [-0.05, 0) is 25.0 Å². The van der Waals surface area contributed by atoms with Gasteiger partial charge in [0.15, 0.2) is 5.78 Å². The molecule has 1 saturated carbocycles. The molecular weight excluding hydrogens is 208 g/mol. The monoisotopic (exact) mass is 222 g/mol. The number of carboxylic acids is 1. The molecule has 1 heterocycles. The number of rotatable bonds is 6. The van der Waals surface area contributed by atoms with Gasteiger partial charge in [0, 0.05) is 12.2 Å². The molecule has 0 spiro atoms. The molecule has 0 atom stereocenters. The van der Waals surface area contributed by atoms with Gasteiger partial charge >= 0.3 is 5.97 Å². The van der Waals surface area contributed by atoms with Crippen LogP contribution in [0, 0.1) is 0 Å². The first kappa shape index (κ1) is 10.9. The number of nitrogens with one attached hydrogen (secondary N) is 1. The number of hydrogen-bond acceptors (Lipinski definition) is 3. The van der Waals surface area contributed by atoms with E-state index < -0.39 is 5.97 Å². The number of aromatic nitrogens is 1. The molecule has 0 bridgehead atoms. The van der Waals surface area contributed by atoms with Crippen LogP contribution in [0.3, 0.4) is 0 Å². The maximum atomic E-state index is 11.8. The smallest absolute Gasteiger partial charge is 0.317 e. The summed E-state index contributed by atoms with van der Waals surface area (Å²) in [6.45, 7) is 0.120. The van der Waals surface area contributed by atoms with E-state index in [-0.39, 0.29) is 24.9 Å². The highest BCUT2D eigenvalue weighted by atomic mass is 16.4. The van der Waals surface area contributed by atoms with Crippen molar-refractivity contribution in [3.63, 3.8) is 0 Å². The van der Waals surface area contributed by atoms with Crippen LogP contribution in [0.1, 0.15) is 23.3 Å². The standard InChI is InChI=1S/C11H14N2O3/c14-10(9-2-1-5-12-9)6-13(7-11(15)16)8-3-4-8/h1-2,5,8,12H,3-4,6-7H2,(H,15,16). The lowest BCUT2D eigenvalue weighted by Crippen LogP contribution is -2.36. The first-order chi connectivity index (χ1) is 7.66. The lowest BCUT2D eigenvalue weighted by molar-refractivity contribution is -0.138. The summed E-state index contributed by atoms with van der Waals surface area (Å²) in [5, 5.41) is 8.74. The summed E-state index contributed by atoms with van der Waals surface area (Å²) < 4.78 is 0. The molecule has 0 unspecified atom stereocenters. The fourth-order valence-corrected chi connectivity index (χ4v) is 1.70. The average Bonchev–Trinajstić information content (AvgIpc) is 2.91. The summed E-state index contributed by atoms with van der Waals surface area (Å²) in [6.07, 6.45) is 3.67. The van der Waals surface area contributed by atoms with Gasteiger partial charge in [0.2, 0.25) is 0 Å². The summed E-state index contributed by atoms with van der Waals surface area (Å²) in [4.78, 5) is 27.0. The van der Waals surface area contributed by atoms with Gasteiger partial charge in [-0.1, -0.05) is 0 Å². The number of carbonyl (C=O) groups is 2. The van der Waals surface area contributed by atoms with Gasteiger partial charge in [-0.25, -0.2) is 0 Å². The van der Waals surface area contributed by atoms with Crippen molar-refractivity contribution < 1.29 is 14.7 Å². The van der Waals surface area contributed by atoms with Crippen LogP contribution in [0.5, 0.6) is 0 Å². The summed E-state index contributed by atoms with van der Waals surface area (Å²) in [5.41, 5.74) is 0.538. The van der Waals surface area contributed by atoms with Crippen LogP contribution in [0.15, 0.2) is 18.3 Å². The van der Waals surface area contributed by atoms with Gasteiger partial charge in [0.25, 0.3) is 0 Å². The lowest BCUT2D eigenvalue weighted by atomic mass is 10.2. The molecule has 2 N–H and O–H groups in total. The number of nitrogens with zero attached hydrogens (tertiary/aromatic N) is 1. The van der Waals surface area contributed by atoms with E-state index in [0.717, 1.165) is 12.8 Å². The van der Waals surface area contributed by atoms with Crippen molar-refractivity contribution in [1.29, 1.82) is 0 Å². The molecule has 5 heteroatoms. The number of aliphatic carboxylic acids is 1. The van der Waals surface area contributed by atoms with E-state index in [1.807, 2.05) is 0 Å². The highest BCUT2D eigenvalue weighted by Crippen LogP contribution is 2.26. The Morgan fingerprint density at radius 1 is 1.44 bits per heavy atom. The lowest BCUT2D eigenvalue weighted by Gasteiger charge is -2.17. The van der Waals surface area contributed by atoms with E-state index in [1.54, 1.807) is 23.2 Å². The first-order valence-electron chi connectivity index (χ1n) is 5.29. The summed E-state index contributed by atoms with van der Waals surface area (Å²) in [7, 11) is 0. The summed E-state index contributed by atoms with van der Waals surface area (Å²) >= 11 is 0. The number of carbonyl (C=O) groups excluding carboxylic acids is 1. The van der Waals surface area contributed by atoms with Crippen LogP contribution in [0.4, 0.5) is 0 Å². The Labute approximate surface area is 93.1 Å². The molecule has 0 radical (unpaired) electrons. The van der Waals surface area contributed by atoms with Crippen molar-refractivity contribution in [2.45, 2.75) is 18.9 Å². The molecule has 1 aromatic rings. The second kappa shape index (κ2) is 4.49. The van der Waals surface area contributed by atoms with E-state index in [1.165, 1.54) is 0 Å². The summed E-state index contributed by atoms with van der Waals surface area (Å²) in [5.74, 6) is -0.940. The van der Waals surface area contributed by atoms with Crippen molar-refractivity contribution in [1.82, 2.24) is 9.88 Å². The molecule has 5 nitrogen and oxygen atoms in total. The normalized spacial score (nSPS) is 15.3. The van der Waals surface area contributed by atoms with Gasteiger partial charge in [0.1, 0.15) is 0 Å². The molecule has 1 fully saturated rings. The van der Waals surface area contributed by atoms with E-state index in [9.17, 15) is 9.59 Å². The maximum Gasteiger partial charge on any atom is 0.317 e. The van der Waals surface area contributed by atoms with Crippen molar-refractivity contribution >= 4 is 11.8 Å². The largest absolute Gasteiger partial charge is 0.480 e. The molecule has 0 aliphatic heterocycles. The zero-order valence-electron chi connectivity index (χ0n) is 8.85. The van der Waals surface area contributed by atoms with Crippen LogP contribution >= 0.6 is 0 Å². The second-order valence-corrected chi connectivity index (χ2v) is 4.04. The van der Waals surface area contributed by atoms with E-state index in [0.29, 0.717) is 5.69 Å². The molecular formula is C11H14N2O3. The van der Waals surface area contributed by atoms with Crippen LogP contribution in [0.2, 0.25) is 0 Å².